The molecule has 6 heteroatoms. The molecule has 0 aliphatic carbocycles. The van der Waals surface area contributed by atoms with Crippen molar-refractivity contribution in [3.63, 3.8) is 0 Å². The molecule has 15 heavy (non-hydrogen) atoms. The number of hydrogen-bond acceptors (Lipinski definition) is 5. The van der Waals surface area contributed by atoms with E-state index in [9.17, 15) is 15.2 Å². The Kier molecular flexibility index (Phi) is 3.59. The normalized spacial score (nSPS) is 12.4. The summed E-state index contributed by atoms with van der Waals surface area (Å²) in [7, 11) is 0. The minimum Gasteiger partial charge on any atom is -0.508 e. The van der Waals surface area contributed by atoms with Crippen LogP contribution < -0.4 is 5.73 Å². The molecule has 0 amide bonds. The number of benzene rings is 1. The fourth-order valence-corrected chi connectivity index (χ4v) is 1.20. The van der Waals surface area contributed by atoms with Crippen molar-refractivity contribution in [2.24, 2.45) is 5.73 Å². The van der Waals surface area contributed by atoms with Crippen LogP contribution in [0.2, 0.25) is 0 Å². The average molecular weight is 212 g/mol. The zero-order chi connectivity index (χ0) is 11.4. The van der Waals surface area contributed by atoms with Gasteiger partial charge in [-0.05, 0) is 12.5 Å². The number of nitro groups is 1. The van der Waals surface area contributed by atoms with E-state index in [0.717, 1.165) is 0 Å². The standard InChI is InChI=1S/C9H12N2O4/c10-7(5-12)3-6-4-8(11(14)15)1-2-9(6)13/h1-2,4,7,12-13H,3,5,10H2. The van der Waals surface area contributed by atoms with Crippen LogP contribution in [0.3, 0.4) is 0 Å². The third kappa shape index (κ3) is 2.90. The molecule has 6 nitrogen and oxygen atoms in total. The molecule has 1 unspecified atom stereocenters. The van der Waals surface area contributed by atoms with Crippen LogP contribution in [0.15, 0.2) is 18.2 Å². The van der Waals surface area contributed by atoms with Crippen LogP contribution in [-0.2, 0) is 6.42 Å². The molecule has 4 N–H and O–H groups in total. The Balaban J connectivity index is 2.95. The van der Waals surface area contributed by atoms with E-state index in [4.69, 9.17) is 10.8 Å². The van der Waals surface area contributed by atoms with Gasteiger partial charge in [-0.1, -0.05) is 0 Å². The second kappa shape index (κ2) is 4.72. The van der Waals surface area contributed by atoms with Gasteiger partial charge in [0.2, 0.25) is 0 Å². The van der Waals surface area contributed by atoms with Crippen molar-refractivity contribution < 1.29 is 15.1 Å². The highest BCUT2D eigenvalue weighted by Gasteiger charge is 2.12. The molecule has 0 radical (unpaired) electrons. The van der Waals surface area contributed by atoms with E-state index in [-0.39, 0.29) is 24.5 Å². The number of aromatic hydroxyl groups is 1. The molecule has 0 aromatic heterocycles. The molecule has 0 spiro atoms. The van der Waals surface area contributed by atoms with Crippen molar-refractivity contribution in [2.75, 3.05) is 6.61 Å². The number of nitro benzene ring substituents is 1. The Morgan fingerprint density at radius 2 is 2.20 bits per heavy atom. The Bertz CT molecular complexity index is 367. The maximum absolute atomic E-state index is 10.5. The lowest BCUT2D eigenvalue weighted by molar-refractivity contribution is -0.384. The first kappa shape index (κ1) is 11.4. The number of phenols is 1. The summed E-state index contributed by atoms with van der Waals surface area (Å²) in [5.41, 5.74) is 5.73. The molecule has 1 rings (SSSR count). The number of hydrogen-bond donors (Lipinski definition) is 3. The first-order valence-electron chi connectivity index (χ1n) is 4.37. The Labute approximate surface area is 86.1 Å². The van der Waals surface area contributed by atoms with E-state index in [1.165, 1.54) is 18.2 Å². The van der Waals surface area contributed by atoms with Crippen molar-refractivity contribution >= 4 is 5.69 Å². The van der Waals surface area contributed by atoms with E-state index >= 15 is 0 Å². The number of nitrogens with zero attached hydrogens (tertiary/aromatic N) is 1. The van der Waals surface area contributed by atoms with Gasteiger partial charge in [0.25, 0.3) is 5.69 Å². The maximum atomic E-state index is 10.5. The lowest BCUT2D eigenvalue weighted by Crippen LogP contribution is -2.26. The van der Waals surface area contributed by atoms with Crippen molar-refractivity contribution in [3.05, 3.63) is 33.9 Å². The van der Waals surface area contributed by atoms with Crippen LogP contribution in [-0.4, -0.2) is 27.8 Å². The fraction of sp³-hybridized carbons (Fsp3) is 0.333. The van der Waals surface area contributed by atoms with Gasteiger partial charge in [-0.15, -0.1) is 0 Å². The summed E-state index contributed by atoms with van der Waals surface area (Å²) >= 11 is 0. The number of rotatable bonds is 4. The van der Waals surface area contributed by atoms with Crippen molar-refractivity contribution in [1.82, 2.24) is 0 Å². The molecule has 0 aliphatic heterocycles. The third-order valence-electron chi connectivity index (χ3n) is 1.99. The van der Waals surface area contributed by atoms with Gasteiger partial charge < -0.3 is 15.9 Å². The SMILES string of the molecule is NC(CO)Cc1cc([N+](=O)[O-])ccc1O. The molecule has 0 saturated carbocycles. The highest BCUT2D eigenvalue weighted by Crippen LogP contribution is 2.23. The van der Waals surface area contributed by atoms with Crippen molar-refractivity contribution in [1.29, 1.82) is 0 Å². The number of phenolic OH excluding ortho intramolecular Hbond substituents is 1. The van der Waals surface area contributed by atoms with E-state index < -0.39 is 11.0 Å². The third-order valence-corrected chi connectivity index (χ3v) is 1.99. The number of aliphatic hydroxyl groups excluding tert-OH is 1. The maximum Gasteiger partial charge on any atom is 0.269 e. The highest BCUT2D eigenvalue weighted by atomic mass is 16.6. The Hall–Kier alpha value is -1.66. The second-order valence-electron chi connectivity index (χ2n) is 3.22. The van der Waals surface area contributed by atoms with Crippen LogP contribution in [0.5, 0.6) is 5.75 Å². The average Bonchev–Trinajstić information content (AvgIpc) is 2.20. The van der Waals surface area contributed by atoms with E-state index in [2.05, 4.69) is 0 Å². The minimum atomic E-state index is -0.548. The Morgan fingerprint density at radius 3 is 2.73 bits per heavy atom. The number of aliphatic hydroxyl groups is 1. The summed E-state index contributed by atoms with van der Waals surface area (Å²) in [4.78, 5) is 9.91. The molecule has 0 heterocycles. The number of non-ortho nitro benzene ring substituents is 1. The summed E-state index contributed by atoms with van der Waals surface area (Å²) in [6.45, 7) is -0.234. The van der Waals surface area contributed by atoms with Gasteiger partial charge in [0.15, 0.2) is 0 Å². The molecule has 0 aliphatic rings. The Morgan fingerprint density at radius 1 is 1.53 bits per heavy atom. The molecule has 1 atom stereocenters. The van der Waals surface area contributed by atoms with E-state index in [1.54, 1.807) is 0 Å². The van der Waals surface area contributed by atoms with Gasteiger partial charge in [0.1, 0.15) is 5.75 Å². The van der Waals surface area contributed by atoms with Gasteiger partial charge in [-0.2, -0.15) is 0 Å². The van der Waals surface area contributed by atoms with Gasteiger partial charge in [-0.3, -0.25) is 10.1 Å². The minimum absolute atomic E-state index is 0.0514. The first-order chi connectivity index (χ1) is 7.04. The molecular formula is C9H12N2O4. The zero-order valence-corrected chi connectivity index (χ0v) is 7.96. The quantitative estimate of drug-likeness (QED) is 0.486. The van der Waals surface area contributed by atoms with Crippen LogP contribution in [0, 0.1) is 10.1 Å². The predicted octanol–water partition coefficient (Wildman–Crippen LogP) is 0.163. The number of nitrogens with two attached hydrogens (primary N) is 1. The predicted molar refractivity (Wildman–Crippen MR) is 53.5 cm³/mol. The molecule has 1 aromatic rings. The van der Waals surface area contributed by atoms with Gasteiger partial charge in [0.05, 0.1) is 11.5 Å². The lowest BCUT2D eigenvalue weighted by Gasteiger charge is -2.09. The van der Waals surface area contributed by atoms with Crippen molar-refractivity contribution in [2.45, 2.75) is 12.5 Å². The monoisotopic (exact) mass is 212 g/mol. The molecule has 0 saturated heterocycles. The smallest absolute Gasteiger partial charge is 0.269 e. The van der Waals surface area contributed by atoms with Crippen molar-refractivity contribution in [3.8, 4) is 5.75 Å². The fourth-order valence-electron chi connectivity index (χ4n) is 1.20. The summed E-state index contributed by atoms with van der Waals surface area (Å²) in [6, 6.07) is 3.18. The van der Waals surface area contributed by atoms with Gasteiger partial charge >= 0.3 is 0 Å². The molecule has 82 valence electrons. The van der Waals surface area contributed by atoms with Crippen LogP contribution in [0.25, 0.3) is 0 Å². The van der Waals surface area contributed by atoms with Crippen LogP contribution >= 0.6 is 0 Å². The van der Waals surface area contributed by atoms with E-state index in [1.807, 2.05) is 0 Å². The largest absolute Gasteiger partial charge is 0.508 e. The second-order valence-corrected chi connectivity index (χ2v) is 3.22. The van der Waals surface area contributed by atoms with Gasteiger partial charge in [0, 0.05) is 23.7 Å². The summed E-state index contributed by atoms with van der Waals surface area (Å²) in [6.07, 6.45) is 0.198. The first-order valence-corrected chi connectivity index (χ1v) is 4.37. The molecule has 0 bridgehead atoms. The molecule has 1 aromatic carbocycles. The van der Waals surface area contributed by atoms with Crippen LogP contribution in [0.1, 0.15) is 5.56 Å². The highest BCUT2D eigenvalue weighted by molar-refractivity contribution is 5.43. The molecular weight excluding hydrogens is 200 g/mol. The zero-order valence-electron chi connectivity index (χ0n) is 7.96. The topological polar surface area (TPSA) is 110 Å². The van der Waals surface area contributed by atoms with Gasteiger partial charge in [-0.25, -0.2) is 0 Å². The van der Waals surface area contributed by atoms with Crippen LogP contribution in [0.4, 0.5) is 5.69 Å². The molecule has 0 fully saturated rings. The lowest BCUT2D eigenvalue weighted by atomic mass is 10.1. The summed E-state index contributed by atoms with van der Waals surface area (Å²) < 4.78 is 0. The summed E-state index contributed by atoms with van der Waals surface area (Å²) in [5.74, 6) is -0.0514. The summed E-state index contributed by atoms with van der Waals surface area (Å²) in [5, 5.41) is 28.6. The van der Waals surface area contributed by atoms with E-state index in [0.29, 0.717) is 5.56 Å².